The molecule has 0 bridgehead atoms. The average Bonchev–Trinajstić information content (AvgIpc) is 2.38. The highest BCUT2D eigenvalue weighted by Gasteiger charge is 2.38. The molecular formula is C16H23FN2O. The lowest BCUT2D eigenvalue weighted by Crippen LogP contribution is -2.44. The molecule has 4 heteroatoms. The van der Waals surface area contributed by atoms with Gasteiger partial charge in [-0.05, 0) is 63.0 Å². The summed E-state index contributed by atoms with van der Waals surface area (Å²) in [4.78, 5) is 12.6. The Kier molecular flexibility index (Phi) is 4.76. The van der Waals surface area contributed by atoms with Crippen LogP contribution in [0.2, 0.25) is 0 Å². The van der Waals surface area contributed by atoms with Gasteiger partial charge in [0.1, 0.15) is 5.82 Å². The highest BCUT2D eigenvalue weighted by atomic mass is 19.1. The van der Waals surface area contributed by atoms with Gasteiger partial charge in [-0.2, -0.15) is 0 Å². The van der Waals surface area contributed by atoms with Gasteiger partial charge in [0.25, 0.3) is 0 Å². The molecule has 1 amide bonds. The number of nitrogens with one attached hydrogen (secondary N) is 2. The number of carbonyl (C=O) groups excluding carboxylic acids is 1. The molecule has 1 fully saturated rings. The molecule has 110 valence electrons. The normalized spacial score (nSPS) is 17.8. The van der Waals surface area contributed by atoms with Gasteiger partial charge in [0, 0.05) is 5.69 Å². The van der Waals surface area contributed by atoms with E-state index in [0.717, 1.165) is 44.3 Å². The second kappa shape index (κ2) is 6.35. The van der Waals surface area contributed by atoms with Crippen molar-refractivity contribution in [2.75, 3.05) is 18.4 Å². The molecule has 0 aromatic heterocycles. The van der Waals surface area contributed by atoms with E-state index in [2.05, 4.69) is 17.6 Å². The van der Waals surface area contributed by atoms with Gasteiger partial charge in [-0.25, -0.2) is 4.39 Å². The summed E-state index contributed by atoms with van der Waals surface area (Å²) in [6, 6.07) is 4.65. The third-order valence-corrected chi connectivity index (χ3v) is 4.07. The lowest BCUT2D eigenvalue weighted by molar-refractivity contribution is -0.127. The number of aryl methyl sites for hydroxylation is 1. The Bertz CT molecular complexity index is 456. The smallest absolute Gasteiger partial charge is 0.230 e. The summed E-state index contributed by atoms with van der Waals surface area (Å²) in [6.07, 6.45) is 3.56. The molecule has 1 aliphatic heterocycles. The lowest BCUT2D eigenvalue weighted by Gasteiger charge is -2.36. The fourth-order valence-electron chi connectivity index (χ4n) is 3.05. The predicted molar refractivity (Wildman–Crippen MR) is 79.2 cm³/mol. The van der Waals surface area contributed by atoms with Crippen LogP contribution in [-0.2, 0) is 4.79 Å². The molecule has 1 heterocycles. The summed E-state index contributed by atoms with van der Waals surface area (Å²) in [5.74, 6) is -0.277. The molecule has 0 unspecified atom stereocenters. The molecule has 1 saturated heterocycles. The van der Waals surface area contributed by atoms with Crippen molar-refractivity contribution in [2.24, 2.45) is 5.41 Å². The first-order valence-corrected chi connectivity index (χ1v) is 7.35. The van der Waals surface area contributed by atoms with E-state index < -0.39 is 0 Å². The van der Waals surface area contributed by atoms with Crippen molar-refractivity contribution in [3.8, 4) is 0 Å². The molecule has 0 radical (unpaired) electrons. The summed E-state index contributed by atoms with van der Waals surface area (Å²) in [7, 11) is 0. The Labute approximate surface area is 120 Å². The fourth-order valence-corrected chi connectivity index (χ4v) is 3.05. The number of hydrogen-bond acceptors (Lipinski definition) is 2. The molecule has 1 aromatic carbocycles. The Morgan fingerprint density at radius 3 is 2.65 bits per heavy atom. The molecule has 0 saturated carbocycles. The van der Waals surface area contributed by atoms with Gasteiger partial charge >= 0.3 is 0 Å². The second-order valence-electron chi connectivity index (χ2n) is 5.75. The highest BCUT2D eigenvalue weighted by molar-refractivity contribution is 5.95. The SMILES string of the molecule is CCCC1(C(=O)Nc2cc(C)cc(F)c2)CCNCC1. The maximum atomic E-state index is 13.4. The maximum absolute atomic E-state index is 13.4. The van der Waals surface area contributed by atoms with Gasteiger partial charge in [-0.3, -0.25) is 4.79 Å². The van der Waals surface area contributed by atoms with Crippen molar-refractivity contribution >= 4 is 11.6 Å². The van der Waals surface area contributed by atoms with Gasteiger partial charge in [-0.15, -0.1) is 0 Å². The number of halogens is 1. The van der Waals surface area contributed by atoms with Crippen molar-refractivity contribution < 1.29 is 9.18 Å². The number of rotatable bonds is 4. The van der Waals surface area contributed by atoms with Crippen molar-refractivity contribution in [1.29, 1.82) is 0 Å². The number of hydrogen-bond donors (Lipinski definition) is 2. The van der Waals surface area contributed by atoms with E-state index in [1.54, 1.807) is 0 Å². The standard InChI is InChI=1S/C16H23FN2O/c1-3-4-16(5-7-18-8-6-16)15(20)19-14-10-12(2)9-13(17)11-14/h9-11,18H,3-8H2,1-2H3,(H,19,20). The predicted octanol–water partition coefficient (Wildman–Crippen LogP) is 3.24. The fraction of sp³-hybridized carbons (Fsp3) is 0.562. The lowest BCUT2D eigenvalue weighted by atomic mass is 9.74. The number of anilines is 1. The number of benzene rings is 1. The van der Waals surface area contributed by atoms with Crippen molar-refractivity contribution in [1.82, 2.24) is 5.32 Å². The van der Waals surface area contributed by atoms with Crippen LogP contribution in [0.4, 0.5) is 10.1 Å². The van der Waals surface area contributed by atoms with Crippen LogP contribution < -0.4 is 10.6 Å². The minimum Gasteiger partial charge on any atom is -0.325 e. The second-order valence-corrected chi connectivity index (χ2v) is 5.75. The molecule has 1 aliphatic rings. The average molecular weight is 278 g/mol. The largest absolute Gasteiger partial charge is 0.325 e. The zero-order valence-electron chi connectivity index (χ0n) is 12.3. The van der Waals surface area contributed by atoms with Crippen LogP contribution in [0.3, 0.4) is 0 Å². The van der Waals surface area contributed by atoms with Gasteiger partial charge in [-0.1, -0.05) is 13.3 Å². The first kappa shape index (κ1) is 15.0. The van der Waals surface area contributed by atoms with Crippen LogP contribution in [0, 0.1) is 18.2 Å². The summed E-state index contributed by atoms with van der Waals surface area (Å²) in [6.45, 7) is 5.67. The topological polar surface area (TPSA) is 41.1 Å². The van der Waals surface area contributed by atoms with Crippen LogP contribution in [0.15, 0.2) is 18.2 Å². The number of carbonyl (C=O) groups is 1. The van der Waals surface area contributed by atoms with Crippen LogP contribution in [0.5, 0.6) is 0 Å². The summed E-state index contributed by atoms with van der Waals surface area (Å²) < 4.78 is 13.4. The monoisotopic (exact) mass is 278 g/mol. The molecule has 0 spiro atoms. The zero-order valence-corrected chi connectivity index (χ0v) is 12.3. The highest BCUT2D eigenvalue weighted by Crippen LogP contribution is 2.35. The molecule has 20 heavy (non-hydrogen) atoms. The summed E-state index contributed by atoms with van der Waals surface area (Å²) in [5.41, 5.74) is 1.07. The Hall–Kier alpha value is -1.42. The maximum Gasteiger partial charge on any atom is 0.230 e. The third kappa shape index (κ3) is 3.37. The molecule has 2 rings (SSSR count). The van der Waals surface area contributed by atoms with Crippen molar-refractivity contribution in [2.45, 2.75) is 39.5 Å². The van der Waals surface area contributed by atoms with E-state index in [0.29, 0.717) is 5.69 Å². The quantitative estimate of drug-likeness (QED) is 0.887. The van der Waals surface area contributed by atoms with Crippen LogP contribution in [0.1, 0.15) is 38.2 Å². The minimum absolute atomic E-state index is 0.0332. The van der Waals surface area contributed by atoms with Crippen LogP contribution in [0.25, 0.3) is 0 Å². The number of piperidine rings is 1. The summed E-state index contributed by atoms with van der Waals surface area (Å²) in [5, 5.41) is 6.21. The summed E-state index contributed by atoms with van der Waals surface area (Å²) >= 11 is 0. The molecule has 2 N–H and O–H groups in total. The van der Waals surface area contributed by atoms with E-state index >= 15 is 0 Å². The Morgan fingerprint density at radius 1 is 1.35 bits per heavy atom. The third-order valence-electron chi connectivity index (χ3n) is 4.07. The molecule has 3 nitrogen and oxygen atoms in total. The zero-order chi connectivity index (χ0) is 14.6. The van der Waals surface area contributed by atoms with Gasteiger partial charge in [0.2, 0.25) is 5.91 Å². The van der Waals surface area contributed by atoms with E-state index in [4.69, 9.17) is 0 Å². The van der Waals surface area contributed by atoms with E-state index in [9.17, 15) is 9.18 Å². The Balaban J connectivity index is 2.15. The van der Waals surface area contributed by atoms with Gasteiger partial charge in [0.05, 0.1) is 5.41 Å². The van der Waals surface area contributed by atoms with Crippen molar-refractivity contribution in [3.05, 3.63) is 29.6 Å². The molecule has 0 aliphatic carbocycles. The minimum atomic E-state index is -0.310. The molecule has 1 aromatic rings. The number of amides is 1. The van der Waals surface area contributed by atoms with Gasteiger partial charge < -0.3 is 10.6 Å². The molecule has 0 atom stereocenters. The van der Waals surface area contributed by atoms with Crippen LogP contribution in [-0.4, -0.2) is 19.0 Å². The first-order chi connectivity index (χ1) is 9.55. The molecular weight excluding hydrogens is 255 g/mol. The van der Waals surface area contributed by atoms with E-state index in [-0.39, 0.29) is 17.1 Å². The van der Waals surface area contributed by atoms with Crippen LogP contribution >= 0.6 is 0 Å². The Morgan fingerprint density at radius 2 is 2.05 bits per heavy atom. The van der Waals surface area contributed by atoms with Gasteiger partial charge in [0.15, 0.2) is 0 Å². The first-order valence-electron chi connectivity index (χ1n) is 7.35. The van der Waals surface area contributed by atoms with Crippen molar-refractivity contribution in [3.63, 3.8) is 0 Å². The van der Waals surface area contributed by atoms with E-state index in [1.165, 1.54) is 12.1 Å². The van der Waals surface area contributed by atoms with E-state index in [1.807, 2.05) is 13.0 Å².